The highest BCUT2D eigenvalue weighted by molar-refractivity contribution is 6.04. The lowest BCUT2D eigenvalue weighted by atomic mass is 9.85. The highest BCUT2D eigenvalue weighted by Crippen LogP contribution is 2.28. The summed E-state index contributed by atoms with van der Waals surface area (Å²) < 4.78 is 0. The van der Waals surface area contributed by atoms with Gasteiger partial charge in [-0.25, -0.2) is 0 Å². The molecule has 4 heteroatoms. The second-order valence-electron chi connectivity index (χ2n) is 5.86. The summed E-state index contributed by atoms with van der Waals surface area (Å²) in [7, 11) is 1.91. The highest BCUT2D eigenvalue weighted by atomic mass is 16.2. The Bertz CT molecular complexity index is 619. The summed E-state index contributed by atoms with van der Waals surface area (Å²) in [6.45, 7) is 2.25. The van der Waals surface area contributed by atoms with Crippen LogP contribution < -0.4 is 0 Å². The van der Waals surface area contributed by atoms with Gasteiger partial charge in [-0.1, -0.05) is 38.0 Å². The van der Waals surface area contributed by atoms with Crippen LogP contribution in [0.25, 0.3) is 10.9 Å². The zero-order valence-corrected chi connectivity index (χ0v) is 12.1. The van der Waals surface area contributed by atoms with Crippen LogP contribution in [0, 0.1) is 5.92 Å². The maximum atomic E-state index is 12.7. The number of hydrogen-bond acceptors (Lipinski definition) is 2. The van der Waals surface area contributed by atoms with Crippen molar-refractivity contribution >= 4 is 16.8 Å². The Morgan fingerprint density at radius 2 is 2.05 bits per heavy atom. The zero-order chi connectivity index (χ0) is 14.1. The minimum absolute atomic E-state index is 0.0289. The van der Waals surface area contributed by atoms with Crippen molar-refractivity contribution < 1.29 is 4.79 Å². The van der Waals surface area contributed by atoms with E-state index in [2.05, 4.69) is 17.1 Å². The van der Waals surface area contributed by atoms with Crippen molar-refractivity contribution in [3.05, 3.63) is 30.0 Å². The highest BCUT2D eigenvalue weighted by Gasteiger charge is 2.29. The number of para-hydroxylation sites is 1. The second kappa shape index (κ2) is 5.27. The van der Waals surface area contributed by atoms with Gasteiger partial charge in [0.25, 0.3) is 5.91 Å². The van der Waals surface area contributed by atoms with Crippen LogP contribution in [0.2, 0.25) is 0 Å². The quantitative estimate of drug-likeness (QED) is 0.911. The molecule has 1 aromatic carbocycles. The van der Waals surface area contributed by atoms with Crippen LogP contribution in [0.15, 0.2) is 24.3 Å². The first-order chi connectivity index (χ1) is 9.68. The van der Waals surface area contributed by atoms with E-state index in [1.54, 1.807) is 0 Å². The summed E-state index contributed by atoms with van der Waals surface area (Å²) in [5.41, 5.74) is 1.46. The van der Waals surface area contributed by atoms with Crippen LogP contribution in [-0.2, 0) is 0 Å². The van der Waals surface area contributed by atoms with Crippen LogP contribution in [0.3, 0.4) is 0 Å². The minimum atomic E-state index is 0.0289. The van der Waals surface area contributed by atoms with Crippen molar-refractivity contribution in [2.24, 2.45) is 5.92 Å². The van der Waals surface area contributed by atoms with Gasteiger partial charge in [0.2, 0.25) is 0 Å². The first-order valence-electron chi connectivity index (χ1n) is 7.38. The average molecular weight is 271 g/mol. The summed E-state index contributed by atoms with van der Waals surface area (Å²) in [5, 5.41) is 8.07. The summed E-state index contributed by atoms with van der Waals surface area (Å²) in [6.07, 6.45) is 4.81. The number of nitrogens with zero attached hydrogens (tertiary/aromatic N) is 2. The van der Waals surface area contributed by atoms with Gasteiger partial charge in [-0.2, -0.15) is 5.10 Å². The lowest BCUT2D eigenvalue weighted by Crippen LogP contribution is -2.42. The number of amides is 1. The molecular formula is C16H21N3O. The Kier molecular flexibility index (Phi) is 3.47. The fourth-order valence-electron chi connectivity index (χ4n) is 3.32. The Morgan fingerprint density at radius 1 is 1.30 bits per heavy atom. The predicted octanol–water partition coefficient (Wildman–Crippen LogP) is 3.21. The van der Waals surface area contributed by atoms with Crippen LogP contribution in [-0.4, -0.2) is 34.1 Å². The third-order valence-electron chi connectivity index (χ3n) is 4.56. The van der Waals surface area contributed by atoms with Crippen LogP contribution in [0.5, 0.6) is 0 Å². The summed E-state index contributed by atoms with van der Waals surface area (Å²) in [4.78, 5) is 14.6. The molecule has 0 aliphatic heterocycles. The molecule has 1 heterocycles. The van der Waals surface area contributed by atoms with E-state index in [0.717, 1.165) is 17.3 Å². The van der Waals surface area contributed by atoms with Gasteiger partial charge in [-0.05, 0) is 24.8 Å². The standard InChI is InChI=1S/C16H21N3O/c1-11-7-3-6-10-14(11)19(2)16(20)15-12-8-4-5-9-13(12)17-18-15/h4-5,8-9,11,14H,3,6-7,10H2,1-2H3,(H,17,18). The molecule has 1 aliphatic rings. The Balaban J connectivity index is 1.88. The van der Waals surface area contributed by atoms with Gasteiger partial charge >= 0.3 is 0 Å². The molecule has 2 aromatic rings. The van der Waals surface area contributed by atoms with E-state index in [0.29, 0.717) is 17.7 Å². The first kappa shape index (κ1) is 13.2. The third-order valence-corrected chi connectivity index (χ3v) is 4.56. The molecule has 3 rings (SSSR count). The van der Waals surface area contributed by atoms with Crippen molar-refractivity contribution in [3.8, 4) is 0 Å². The van der Waals surface area contributed by atoms with E-state index in [1.165, 1.54) is 19.3 Å². The molecule has 1 fully saturated rings. The maximum Gasteiger partial charge on any atom is 0.274 e. The smallest absolute Gasteiger partial charge is 0.274 e. The molecule has 0 radical (unpaired) electrons. The Hall–Kier alpha value is -1.84. The average Bonchev–Trinajstić information content (AvgIpc) is 2.90. The zero-order valence-electron chi connectivity index (χ0n) is 12.1. The molecule has 2 unspecified atom stereocenters. The number of aromatic amines is 1. The number of H-pyrrole nitrogens is 1. The van der Waals surface area contributed by atoms with Crippen LogP contribution in [0.1, 0.15) is 43.1 Å². The second-order valence-corrected chi connectivity index (χ2v) is 5.86. The number of benzene rings is 1. The lowest BCUT2D eigenvalue weighted by molar-refractivity contribution is 0.0625. The number of aromatic nitrogens is 2. The van der Waals surface area contributed by atoms with Crippen LogP contribution in [0.4, 0.5) is 0 Å². The normalized spacial score (nSPS) is 22.9. The van der Waals surface area contributed by atoms with Crippen molar-refractivity contribution in [2.75, 3.05) is 7.05 Å². The number of carbonyl (C=O) groups excluding carboxylic acids is 1. The molecule has 1 aliphatic carbocycles. The molecule has 1 amide bonds. The number of fused-ring (bicyclic) bond motifs is 1. The molecule has 0 saturated heterocycles. The lowest BCUT2D eigenvalue weighted by Gasteiger charge is -2.36. The van der Waals surface area contributed by atoms with Crippen molar-refractivity contribution in [1.82, 2.24) is 15.1 Å². The van der Waals surface area contributed by atoms with Crippen molar-refractivity contribution in [3.63, 3.8) is 0 Å². The van der Waals surface area contributed by atoms with Gasteiger partial charge in [-0.3, -0.25) is 9.89 Å². The summed E-state index contributed by atoms with van der Waals surface area (Å²) >= 11 is 0. The van der Waals surface area contributed by atoms with E-state index < -0.39 is 0 Å². The van der Waals surface area contributed by atoms with Gasteiger partial charge in [-0.15, -0.1) is 0 Å². The third kappa shape index (κ3) is 2.19. The van der Waals surface area contributed by atoms with Crippen LogP contribution >= 0.6 is 0 Å². The van der Waals surface area contributed by atoms with Gasteiger partial charge in [0.15, 0.2) is 5.69 Å². The Morgan fingerprint density at radius 3 is 2.85 bits per heavy atom. The van der Waals surface area contributed by atoms with Gasteiger partial charge in [0, 0.05) is 18.5 Å². The predicted molar refractivity (Wildman–Crippen MR) is 79.6 cm³/mol. The molecule has 0 bridgehead atoms. The molecule has 2 atom stereocenters. The minimum Gasteiger partial charge on any atom is -0.337 e. The van der Waals surface area contributed by atoms with E-state index in [1.807, 2.05) is 36.2 Å². The fraction of sp³-hybridized carbons (Fsp3) is 0.500. The molecule has 0 spiro atoms. The molecule has 106 valence electrons. The van der Waals surface area contributed by atoms with E-state index in [4.69, 9.17) is 0 Å². The van der Waals surface area contributed by atoms with Gasteiger partial charge in [0.05, 0.1) is 5.52 Å². The summed E-state index contributed by atoms with van der Waals surface area (Å²) in [6, 6.07) is 8.12. The molecule has 1 N–H and O–H groups in total. The summed E-state index contributed by atoms with van der Waals surface area (Å²) in [5.74, 6) is 0.601. The van der Waals surface area contributed by atoms with Crippen molar-refractivity contribution in [2.45, 2.75) is 38.6 Å². The SMILES string of the molecule is CC1CCCCC1N(C)C(=O)c1n[nH]c2ccccc12. The molecule has 20 heavy (non-hydrogen) atoms. The molecular weight excluding hydrogens is 250 g/mol. The largest absolute Gasteiger partial charge is 0.337 e. The van der Waals surface area contributed by atoms with Gasteiger partial charge < -0.3 is 4.90 Å². The van der Waals surface area contributed by atoms with Gasteiger partial charge in [0.1, 0.15) is 0 Å². The monoisotopic (exact) mass is 271 g/mol. The topological polar surface area (TPSA) is 49.0 Å². The number of nitrogens with one attached hydrogen (secondary N) is 1. The maximum absolute atomic E-state index is 12.7. The van der Waals surface area contributed by atoms with Crippen molar-refractivity contribution in [1.29, 1.82) is 0 Å². The van der Waals surface area contributed by atoms with E-state index >= 15 is 0 Å². The molecule has 1 aromatic heterocycles. The van der Waals surface area contributed by atoms with E-state index in [9.17, 15) is 4.79 Å². The first-order valence-corrected chi connectivity index (χ1v) is 7.38. The fourth-order valence-corrected chi connectivity index (χ4v) is 3.32. The number of hydrogen-bond donors (Lipinski definition) is 1. The molecule has 4 nitrogen and oxygen atoms in total. The Labute approximate surface area is 119 Å². The number of carbonyl (C=O) groups is 1. The number of rotatable bonds is 2. The van der Waals surface area contributed by atoms with E-state index in [-0.39, 0.29) is 5.91 Å². The molecule has 1 saturated carbocycles.